The van der Waals surface area contributed by atoms with Crippen LogP contribution in [0.15, 0.2) is 4.52 Å². The van der Waals surface area contributed by atoms with Gasteiger partial charge in [0.05, 0.1) is 5.92 Å². The SMILES string of the molecule is CC(c1nc(C2CCCCCC2)no1)C(O)C(F)(F)F. The van der Waals surface area contributed by atoms with Gasteiger partial charge in [-0.3, -0.25) is 0 Å². The lowest BCUT2D eigenvalue weighted by molar-refractivity contribution is -0.210. The predicted molar refractivity (Wildman–Crippen MR) is 65.2 cm³/mol. The number of hydrogen-bond acceptors (Lipinski definition) is 4. The molecule has 1 aromatic rings. The minimum absolute atomic E-state index is 0.144. The highest BCUT2D eigenvalue weighted by atomic mass is 19.4. The second-order valence-electron chi connectivity index (χ2n) is 5.45. The molecule has 20 heavy (non-hydrogen) atoms. The summed E-state index contributed by atoms with van der Waals surface area (Å²) in [6.45, 7) is 1.24. The number of aliphatic hydroxyl groups is 1. The first-order chi connectivity index (χ1) is 9.39. The van der Waals surface area contributed by atoms with Crippen molar-refractivity contribution in [2.45, 2.75) is 69.6 Å². The monoisotopic (exact) mass is 292 g/mol. The molecule has 2 unspecified atom stereocenters. The largest absolute Gasteiger partial charge is 0.415 e. The molecule has 114 valence electrons. The molecule has 1 aliphatic carbocycles. The number of hydrogen-bond donors (Lipinski definition) is 1. The van der Waals surface area contributed by atoms with Crippen LogP contribution < -0.4 is 0 Å². The van der Waals surface area contributed by atoms with Crippen LogP contribution in [0.2, 0.25) is 0 Å². The van der Waals surface area contributed by atoms with Crippen LogP contribution in [0.5, 0.6) is 0 Å². The zero-order valence-corrected chi connectivity index (χ0v) is 11.4. The fourth-order valence-corrected chi connectivity index (χ4v) is 2.55. The summed E-state index contributed by atoms with van der Waals surface area (Å²) in [5.41, 5.74) is 0. The van der Waals surface area contributed by atoms with Gasteiger partial charge in [-0.05, 0) is 12.8 Å². The van der Waals surface area contributed by atoms with Gasteiger partial charge < -0.3 is 9.63 Å². The van der Waals surface area contributed by atoms with Crippen LogP contribution in [0.3, 0.4) is 0 Å². The van der Waals surface area contributed by atoms with Gasteiger partial charge in [-0.1, -0.05) is 37.8 Å². The molecule has 1 fully saturated rings. The molecular weight excluding hydrogens is 273 g/mol. The zero-order valence-electron chi connectivity index (χ0n) is 11.4. The van der Waals surface area contributed by atoms with Crippen LogP contribution >= 0.6 is 0 Å². The molecule has 0 aliphatic heterocycles. The van der Waals surface area contributed by atoms with Gasteiger partial charge in [-0.25, -0.2) is 0 Å². The Kier molecular flexibility index (Phi) is 4.67. The van der Waals surface area contributed by atoms with Gasteiger partial charge in [-0.2, -0.15) is 18.2 Å². The summed E-state index contributed by atoms with van der Waals surface area (Å²) in [6, 6.07) is 0. The lowest BCUT2D eigenvalue weighted by Gasteiger charge is -2.18. The maximum atomic E-state index is 12.5. The van der Waals surface area contributed by atoms with E-state index in [0.29, 0.717) is 5.82 Å². The summed E-state index contributed by atoms with van der Waals surface area (Å²) >= 11 is 0. The number of alkyl halides is 3. The lowest BCUT2D eigenvalue weighted by atomic mass is 9.99. The Morgan fingerprint density at radius 1 is 1.20 bits per heavy atom. The van der Waals surface area contributed by atoms with E-state index < -0.39 is 18.2 Å². The third-order valence-electron chi connectivity index (χ3n) is 3.88. The lowest BCUT2D eigenvalue weighted by Crippen LogP contribution is -2.33. The maximum Gasteiger partial charge on any atom is 0.415 e. The van der Waals surface area contributed by atoms with Crippen molar-refractivity contribution in [3.8, 4) is 0 Å². The van der Waals surface area contributed by atoms with Crippen LogP contribution in [-0.2, 0) is 0 Å². The van der Waals surface area contributed by atoms with E-state index in [1.807, 2.05) is 0 Å². The Labute approximate surface area is 115 Å². The van der Waals surface area contributed by atoms with E-state index in [2.05, 4.69) is 10.1 Å². The molecule has 1 N–H and O–H groups in total. The molecular formula is C13H19F3N2O2. The van der Waals surface area contributed by atoms with Gasteiger partial charge in [0.1, 0.15) is 0 Å². The van der Waals surface area contributed by atoms with Gasteiger partial charge in [0.15, 0.2) is 11.9 Å². The van der Waals surface area contributed by atoms with E-state index >= 15 is 0 Å². The summed E-state index contributed by atoms with van der Waals surface area (Å²) in [4.78, 5) is 4.07. The molecule has 1 aliphatic rings. The quantitative estimate of drug-likeness (QED) is 0.866. The van der Waals surface area contributed by atoms with Crippen LogP contribution in [0.25, 0.3) is 0 Å². The van der Waals surface area contributed by atoms with E-state index in [9.17, 15) is 18.3 Å². The maximum absolute atomic E-state index is 12.5. The minimum Gasteiger partial charge on any atom is -0.383 e. The molecule has 2 rings (SSSR count). The van der Waals surface area contributed by atoms with Gasteiger partial charge in [0, 0.05) is 5.92 Å². The smallest absolute Gasteiger partial charge is 0.383 e. The van der Waals surface area contributed by atoms with Crippen molar-refractivity contribution >= 4 is 0 Å². The molecule has 1 aromatic heterocycles. The van der Waals surface area contributed by atoms with Crippen molar-refractivity contribution in [2.75, 3.05) is 0 Å². The molecule has 7 heteroatoms. The Bertz CT molecular complexity index is 425. The van der Waals surface area contributed by atoms with Gasteiger partial charge >= 0.3 is 6.18 Å². The van der Waals surface area contributed by atoms with E-state index in [4.69, 9.17) is 4.52 Å². The predicted octanol–water partition coefficient (Wildman–Crippen LogP) is 3.53. The van der Waals surface area contributed by atoms with Gasteiger partial charge in [0.2, 0.25) is 5.89 Å². The number of halogens is 3. The molecule has 0 aromatic carbocycles. The van der Waals surface area contributed by atoms with E-state index in [1.165, 1.54) is 19.8 Å². The first-order valence-electron chi connectivity index (χ1n) is 6.98. The zero-order chi connectivity index (χ0) is 14.8. The summed E-state index contributed by atoms with van der Waals surface area (Å²) in [7, 11) is 0. The normalized spacial score (nSPS) is 21.4. The average molecular weight is 292 g/mol. The highest BCUT2D eigenvalue weighted by Gasteiger charge is 2.44. The third kappa shape index (κ3) is 3.50. The number of aromatic nitrogens is 2. The van der Waals surface area contributed by atoms with Gasteiger partial charge in [-0.15, -0.1) is 0 Å². The van der Waals surface area contributed by atoms with Crippen LogP contribution in [-0.4, -0.2) is 27.5 Å². The average Bonchev–Trinajstić information content (AvgIpc) is 2.72. The van der Waals surface area contributed by atoms with Crippen molar-refractivity contribution < 1.29 is 22.8 Å². The second-order valence-corrected chi connectivity index (χ2v) is 5.45. The second kappa shape index (κ2) is 6.11. The van der Waals surface area contributed by atoms with Crippen molar-refractivity contribution in [2.24, 2.45) is 0 Å². The number of nitrogens with zero attached hydrogens (tertiary/aromatic N) is 2. The fourth-order valence-electron chi connectivity index (χ4n) is 2.55. The first-order valence-corrected chi connectivity index (χ1v) is 6.98. The molecule has 0 bridgehead atoms. The summed E-state index contributed by atoms with van der Waals surface area (Å²) in [5.74, 6) is -0.760. The van der Waals surface area contributed by atoms with E-state index in [-0.39, 0.29) is 11.8 Å². The highest BCUT2D eigenvalue weighted by Crippen LogP contribution is 2.33. The van der Waals surface area contributed by atoms with Crippen LogP contribution in [0.1, 0.15) is 69.0 Å². The molecule has 0 amide bonds. The van der Waals surface area contributed by atoms with Crippen molar-refractivity contribution in [3.05, 3.63) is 11.7 Å². The number of rotatable bonds is 3. The summed E-state index contributed by atoms with van der Waals surface area (Å²) in [6.07, 6.45) is -0.787. The Hall–Kier alpha value is -1.11. The van der Waals surface area contributed by atoms with Crippen LogP contribution in [0.4, 0.5) is 13.2 Å². The van der Waals surface area contributed by atoms with Crippen LogP contribution in [0, 0.1) is 0 Å². The summed E-state index contributed by atoms with van der Waals surface area (Å²) < 4.78 is 42.3. The Balaban J connectivity index is 2.08. The van der Waals surface area contributed by atoms with Crippen molar-refractivity contribution in [3.63, 3.8) is 0 Å². The Morgan fingerprint density at radius 3 is 2.35 bits per heavy atom. The van der Waals surface area contributed by atoms with E-state index in [0.717, 1.165) is 25.7 Å². The fraction of sp³-hybridized carbons (Fsp3) is 0.846. The topological polar surface area (TPSA) is 59.2 Å². The standard InChI is InChI=1S/C13H19F3N2O2/c1-8(10(19)13(14,15)16)12-17-11(18-20-12)9-6-4-2-3-5-7-9/h8-10,19H,2-7H2,1H3. The molecule has 2 atom stereocenters. The molecule has 0 spiro atoms. The van der Waals surface area contributed by atoms with E-state index in [1.54, 1.807) is 0 Å². The molecule has 0 radical (unpaired) electrons. The van der Waals surface area contributed by atoms with Gasteiger partial charge in [0.25, 0.3) is 0 Å². The molecule has 0 saturated heterocycles. The third-order valence-corrected chi connectivity index (χ3v) is 3.88. The molecule has 1 saturated carbocycles. The summed E-state index contributed by atoms with van der Waals surface area (Å²) in [5, 5.41) is 13.0. The first kappa shape index (κ1) is 15.3. The molecule has 4 nitrogen and oxygen atoms in total. The highest BCUT2D eigenvalue weighted by molar-refractivity contribution is 5.01. The minimum atomic E-state index is -4.68. The van der Waals surface area contributed by atoms with Crippen molar-refractivity contribution in [1.29, 1.82) is 0 Å². The number of aliphatic hydroxyl groups excluding tert-OH is 1. The Morgan fingerprint density at radius 2 is 1.80 bits per heavy atom. The molecule has 1 heterocycles. The van der Waals surface area contributed by atoms with Crippen molar-refractivity contribution in [1.82, 2.24) is 10.1 Å².